The standard InChI is InChI=1S/C10H13NO3/c1-6(9(11)10(13)14)7-2-4-8(12)5-3-7/h2-6,9,12H,11H2,1H3,(H,13,14). The highest BCUT2D eigenvalue weighted by molar-refractivity contribution is 5.74. The Morgan fingerprint density at radius 2 is 1.86 bits per heavy atom. The van der Waals surface area contributed by atoms with Gasteiger partial charge in [-0.2, -0.15) is 0 Å². The molecule has 0 aliphatic heterocycles. The van der Waals surface area contributed by atoms with Crippen molar-refractivity contribution in [3.8, 4) is 5.75 Å². The molecular weight excluding hydrogens is 182 g/mol. The van der Waals surface area contributed by atoms with Crippen LogP contribution in [0.5, 0.6) is 5.75 Å². The van der Waals surface area contributed by atoms with E-state index in [9.17, 15) is 4.79 Å². The average Bonchev–Trinajstić information content (AvgIpc) is 2.16. The summed E-state index contributed by atoms with van der Waals surface area (Å²) in [6.45, 7) is 1.74. The van der Waals surface area contributed by atoms with Gasteiger partial charge in [0.05, 0.1) is 0 Å². The molecule has 4 nitrogen and oxygen atoms in total. The summed E-state index contributed by atoms with van der Waals surface area (Å²) in [6, 6.07) is 5.45. The molecule has 0 amide bonds. The molecule has 0 aliphatic rings. The van der Waals surface area contributed by atoms with E-state index in [-0.39, 0.29) is 11.7 Å². The topological polar surface area (TPSA) is 83.5 Å². The van der Waals surface area contributed by atoms with Gasteiger partial charge in [0.25, 0.3) is 0 Å². The number of phenols is 1. The predicted molar refractivity (Wildman–Crippen MR) is 52.1 cm³/mol. The number of hydrogen-bond donors (Lipinski definition) is 3. The van der Waals surface area contributed by atoms with Crippen LogP contribution in [-0.2, 0) is 4.79 Å². The van der Waals surface area contributed by atoms with Crippen molar-refractivity contribution in [1.82, 2.24) is 0 Å². The highest BCUT2D eigenvalue weighted by Crippen LogP contribution is 2.20. The fraction of sp³-hybridized carbons (Fsp3) is 0.300. The van der Waals surface area contributed by atoms with Crippen LogP contribution in [-0.4, -0.2) is 22.2 Å². The molecule has 14 heavy (non-hydrogen) atoms. The van der Waals surface area contributed by atoms with E-state index in [2.05, 4.69) is 0 Å². The number of carbonyl (C=O) groups is 1. The molecule has 1 aromatic carbocycles. The summed E-state index contributed by atoms with van der Waals surface area (Å²) < 4.78 is 0. The normalized spacial score (nSPS) is 14.7. The molecule has 4 heteroatoms. The van der Waals surface area contributed by atoms with Gasteiger partial charge in [0.15, 0.2) is 0 Å². The Kier molecular flexibility index (Phi) is 3.09. The van der Waals surface area contributed by atoms with E-state index in [1.54, 1.807) is 19.1 Å². The minimum atomic E-state index is -1.02. The first kappa shape index (κ1) is 10.5. The lowest BCUT2D eigenvalue weighted by atomic mass is 9.94. The number of hydrogen-bond acceptors (Lipinski definition) is 3. The second-order valence-corrected chi connectivity index (χ2v) is 3.24. The lowest BCUT2D eigenvalue weighted by molar-refractivity contribution is -0.139. The van der Waals surface area contributed by atoms with Crippen LogP contribution in [0.3, 0.4) is 0 Å². The Bertz CT molecular complexity index is 321. The Morgan fingerprint density at radius 3 is 2.29 bits per heavy atom. The molecular formula is C10H13NO3. The largest absolute Gasteiger partial charge is 0.508 e. The van der Waals surface area contributed by atoms with Crippen molar-refractivity contribution in [2.45, 2.75) is 18.9 Å². The van der Waals surface area contributed by atoms with Gasteiger partial charge >= 0.3 is 5.97 Å². The van der Waals surface area contributed by atoms with E-state index in [1.165, 1.54) is 12.1 Å². The van der Waals surface area contributed by atoms with Crippen LogP contribution in [0.2, 0.25) is 0 Å². The quantitative estimate of drug-likeness (QED) is 0.669. The summed E-state index contributed by atoms with van der Waals surface area (Å²) >= 11 is 0. The molecule has 0 bridgehead atoms. The molecule has 1 rings (SSSR count). The van der Waals surface area contributed by atoms with Crippen molar-refractivity contribution in [2.24, 2.45) is 5.73 Å². The van der Waals surface area contributed by atoms with Crippen LogP contribution >= 0.6 is 0 Å². The Hall–Kier alpha value is -1.55. The number of aliphatic carboxylic acids is 1. The van der Waals surface area contributed by atoms with Crippen molar-refractivity contribution < 1.29 is 15.0 Å². The SMILES string of the molecule is CC(c1ccc(O)cc1)C(N)C(=O)O. The van der Waals surface area contributed by atoms with Gasteiger partial charge in [-0.05, 0) is 17.7 Å². The minimum absolute atomic E-state index is 0.157. The van der Waals surface area contributed by atoms with E-state index in [4.69, 9.17) is 15.9 Å². The fourth-order valence-electron chi connectivity index (χ4n) is 1.20. The van der Waals surface area contributed by atoms with Crippen LogP contribution < -0.4 is 5.73 Å². The van der Waals surface area contributed by atoms with Gasteiger partial charge in [-0.25, -0.2) is 0 Å². The summed E-state index contributed by atoms with van der Waals surface area (Å²) in [6.07, 6.45) is 0. The minimum Gasteiger partial charge on any atom is -0.508 e. The summed E-state index contributed by atoms with van der Waals surface area (Å²) in [7, 11) is 0. The summed E-state index contributed by atoms with van der Waals surface area (Å²) in [5.41, 5.74) is 6.27. The zero-order valence-electron chi connectivity index (χ0n) is 7.84. The lowest BCUT2D eigenvalue weighted by Gasteiger charge is -2.15. The Balaban J connectivity index is 2.84. The van der Waals surface area contributed by atoms with E-state index < -0.39 is 12.0 Å². The van der Waals surface area contributed by atoms with E-state index in [0.29, 0.717) is 0 Å². The van der Waals surface area contributed by atoms with Gasteiger partial charge in [0.2, 0.25) is 0 Å². The second-order valence-electron chi connectivity index (χ2n) is 3.24. The third kappa shape index (κ3) is 2.23. The van der Waals surface area contributed by atoms with Gasteiger partial charge in [-0.1, -0.05) is 19.1 Å². The zero-order valence-corrected chi connectivity index (χ0v) is 7.84. The number of benzene rings is 1. The van der Waals surface area contributed by atoms with Crippen molar-refractivity contribution in [2.75, 3.05) is 0 Å². The Labute approximate surface area is 82.0 Å². The molecule has 0 fully saturated rings. The highest BCUT2D eigenvalue weighted by Gasteiger charge is 2.21. The molecule has 4 N–H and O–H groups in total. The maximum atomic E-state index is 10.6. The third-order valence-electron chi connectivity index (χ3n) is 2.24. The number of aromatic hydroxyl groups is 1. The highest BCUT2D eigenvalue weighted by atomic mass is 16.4. The van der Waals surface area contributed by atoms with Crippen molar-refractivity contribution >= 4 is 5.97 Å². The molecule has 76 valence electrons. The van der Waals surface area contributed by atoms with Gasteiger partial charge < -0.3 is 15.9 Å². The van der Waals surface area contributed by atoms with E-state index >= 15 is 0 Å². The number of phenolic OH excluding ortho intramolecular Hbond substituents is 1. The van der Waals surface area contributed by atoms with Crippen LogP contribution in [0.25, 0.3) is 0 Å². The number of nitrogens with two attached hydrogens (primary N) is 1. The molecule has 0 spiro atoms. The lowest BCUT2D eigenvalue weighted by Crippen LogP contribution is -2.35. The second kappa shape index (κ2) is 4.11. The van der Waals surface area contributed by atoms with E-state index in [1.807, 2.05) is 0 Å². The van der Waals surface area contributed by atoms with Crippen LogP contribution in [0, 0.1) is 0 Å². The summed E-state index contributed by atoms with van der Waals surface area (Å²) in [4.78, 5) is 10.6. The van der Waals surface area contributed by atoms with Crippen molar-refractivity contribution in [3.05, 3.63) is 29.8 Å². The molecule has 1 aromatic rings. The Morgan fingerprint density at radius 1 is 1.36 bits per heavy atom. The predicted octanol–water partition coefficient (Wildman–Crippen LogP) is 0.908. The first-order chi connectivity index (χ1) is 6.52. The van der Waals surface area contributed by atoms with Crippen LogP contribution in [0.1, 0.15) is 18.4 Å². The summed E-state index contributed by atoms with van der Waals surface area (Å²) in [5.74, 6) is -1.14. The van der Waals surface area contributed by atoms with Crippen molar-refractivity contribution in [3.63, 3.8) is 0 Å². The van der Waals surface area contributed by atoms with Crippen LogP contribution in [0.4, 0.5) is 0 Å². The monoisotopic (exact) mass is 195 g/mol. The smallest absolute Gasteiger partial charge is 0.321 e. The molecule has 0 radical (unpaired) electrons. The molecule has 0 aromatic heterocycles. The maximum Gasteiger partial charge on any atom is 0.321 e. The van der Waals surface area contributed by atoms with Gasteiger partial charge in [-0.3, -0.25) is 4.79 Å². The average molecular weight is 195 g/mol. The first-order valence-corrected chi connectivity index (χ1v) is 4.29. The molecule has 0 aliphatic carbocycles. The zero-order chi connectivity index (χ0) is 10.7. The third-order valence-corrected chi connectivity index (χ3v) is 2.24. The molecule has 2 atom stereocenters. The van der Waals surface area contributed by atoms with Crippen LogP contribution in [0.15, 0.2) is 24.3 Å². The van der Waals surface area contributed by atoms with Gasteiger partial charge in [0, 0.05) is 5.92 Å². The maximum absolute atomic E-state index is 10.6. The molecule has 2 unspecified atom stereocenters. The molecule has 0 saturated carbocycles. The van der Waals surface area contributed by atoms with Crippen molar-refractivity contribution in [1.29, 1.82) is 0 Å². The molecule has 0 saturated heterocycles. The first-order valence-electron chi connectivity index (χ1n) is 4.29. The molecule has 0 heterocycles. The number of carboxylic acids is 1. The van der Waals surface area contributed by atoms with Gasteiger partial charge in [0.1, 0.15) is 11.8 Å². The van der Waals surface area contributed by atoms with E-state index in [0.717, 1.165) is 5.56 Å². The summed E-state index contributed by atoms with van der Waals surface area (Å²) in [5, 5.41) is 17.7. The number of carboxylic acid groups (broad SMARTS) is 1. The number of rotatable bonds is 3. The fourth-order valence-corrected chi connectivity index (χ4v) is 1.20. The van der Waals surface area contributed by atoms with Gasteiger partial charge in [-0.15, -0.1) is 0 Å².